The number of H-pyrrole nitrogens is 1. The number of hydrogen-bond acceptors (Lipinski definition) is 9. The van der Waals surface area contributed by atoms with Gasteiger partial charge in [0.15, 0.2) is 0 Å². The number of nitrogens with one attached hydrogen (secondary N) is 1. The lowest BCUT2D eigenvalue weighted by Crippen LogP contribution is -2.29. The van der Waals surface area contributed by atoms with E-state index in [0.717, 1.165) is 14.2 Å². The second-order valence-corrected chi connectivity index (χ2v) is 5.77. The molecule has 0 amide bonds. The number of nitrogens with zero attached hydrogens (tertiary/aromatic N) is 1. The van der Waals surface area contributed by atoms with E-state index in [1.807, 2.05) is 0 Å². The fourth-order valence-electron chi connectivity index (χ4n) is 2.11. The summed E-state index contributed by atoms with van der Waals surface area (Å²) in [5.74, 6) is -0.495. The Morgan fingerprint density at radius 1 is 1.36 bits per heavy atom. The van der Waals surface area contributed by atoms with Gasteiger partial charge in [-0.3, -0.25) is 14.3 Å². The van der Waals surface area contributed by atoms with Gasteiger partial charge < -0.3 is 30.5 Å². The van der Waals surface area contributed by atoms with Gasteiger partial charge in [-0.05, 0) is 12.8 Å². The second-order valence-electron chi connectivity index (χ2n) is 5.36. The van der Waals surface area contributed by atoms with Crippen LogP contribution in [0, 0.1) is 4.64 Å². The Bertz CT molecular complexity index is 648. The molecule has 2 atom stereocenters. The Balaban J connectivity index is 0. The summed E-state index contributed by atoms with van der Waals surface area (Å²) in [6.07, 6.45) is 3.23. The molecule has 1 aliphatic rings. The molecule has 0 saturated carbocycles. The molecule has 1 saturated heterocycles. The quantitative estimate of drug-likeness (QED) is 0.329. The van der Waals surface area contributed by atoms with Gasteiger partial charge in [-0.2, -0.15) is 0 Å². The van der Waals surface area contributed by atoms with Crippen LogP contribution in [0.15, 0.2) is 11.0 Å². The molecule has 10 nitrogen and oxygen atoms in total. The van der Waals surface area contributed by atoms with Gasteiger partial charge >= 0.3 is 11.7 Å². The van der Waals surface area contributed by atoms with Crippen LogP contribution in [0.1, 0.15) is 44.9 Å². The van der Waals surface area contributed by atoms with E-state index in [2.05, 4.69) is 18.8 Å². The van der Waals surface area contributed by atoms with Gasteiger partial charge in [0.1, 0.15) is 17.5 Å². The van der Waals surface area contributed by atoms with Crippen LogP contribution in [0.5, 0.6) is 0 Å². The highest BCUT2D eigenvalue weighted by molar-refractivity contribution is 7.71. The Hall–Kier alpha value is -1.63. The van der Waals surface area contributed by atoms with Crippen molar-refractivity contribution in [2.75, 3.05) is 27.4 Å². The number of carbonyl (C=O) groups is 1. The van der Waals surface area contributed by atoms with Crippen molar-refractivity contribution in [3.8, 4) is 0 Å². The third kappa shape index (κ3) is 10.1. The van der Waals surface area contributed by atoms with Crippen molar-refractivity contribution >= 4 is 18.2 Å². The van der Waals surface area contributed by atoms with Gasteiger partial charge in [0.25, 0.3) is 0 Å². The zero-order chi connectivity index (χ0) is 22.1. The molecular weight excluding hydrogens is 390 g/mol. The van der Waals surface area contributed by atoms with Crippen molar-refractivity contribution in [1.82, 2.24) is 9.55 Å². The van der Waals surface area contributed by atoms with E-state index >= 15 is 0 Å². The number of aromatic amines is 1. The lowest BCUT2D eigenvalue weighted by atomic mass is 10.2. The molecule has 0 bridgehead atoms. The number of aliphatic hydroxyl groups is 3. The maximum atomic E-state index is 11.9. The highest BCUT2D eigenvalue weighted by Crippen LogP contribution is 2.27. The predicted molar refractivity (Wildman–Crippen MR) is 107 cm³/mol. The molecule has 6 N–H and O–H groups in total. The predicted octanol–water partition coefficient (Wildman–Crippen LogP) is 0.211. The molecule has 0 spiro atoms. The van der Waals surface area contributed by atoms with E-state index in [-0.39, 0.29) is 30.5 Å². The van der Waals surface area contributed by atoms with Crippen molar-refractivity contribution < 1.29 is 29.6 Å². The monoisotopic (exact) mass is 423 g/mol. The van der Waals surface area contributed by atoms with Crippen LogP contribution in [-0.2, 0) is 20.9 Å². The molecule has 0 aliphatic carbocycles. The van der Waals surface area contributed by atoms with Gasteiger partial charge in [-0.1, -0.05) is 32.5 Å². The van der Waals surface area contributed by atoms with Crippen molar-refractivity contribution in [3.05, 3.63) is 26.9 Å². The summed E-state index contributed by atoms with van der Waals surface area (Å²) in [4.78, 5) is 25.4. The van der Waals surface area contributed by atoms with Crippen molar-refractivity contribution in [2.45, 2.75) is 52.0 Å². The van der Waals surface area contributed by atoms with Crippen LogP contribution in [0.4, 0.5) is 0 Å². The first-order valence-corrected chi connectivity index (χ1v) is 9.23. The van der Waals surface area contributed by atoms with Crippen molar-refractivity contribution in [2.24, 2.45) is 5.73 Å². The van der Waals surface area contributed by atoms with Crippen LogP contribution < -0.4 is 11.4 Å². The van der Waals surface area contributed by atoms with Gasteiger partial charge in [0.05, 0.1) is 19.3 Å². The lowest BCUT2D eigenvalue weighted by molar-refractivity contribution is -0.146. The van der Waals surface area contributed by atoms with Gasteiger partial charge in [-0.25, -0.2) is 4.79 Å². The van der Waals surface area contributed by atoms with Crippen molar-refractivity contribution in [3.63, 3.8) is 0 Å². The fraction of sp³-hybridized carbons (Fsp3) is 0.706. The molecule has 28 heavy (non-hydrogen) atoms. The molecule has 2 heterocycles. The SMILES string of the molecule is CCC.CO.CO.NCC(=O)OCC1CCC(n2cc(CO)c(=S)[nH]c2=O)O1. The molecule has 2 rings (SSSR count). The number of aromatic nitrogens is 2. The standard InChI is InChI=1S/C12H17N3O5S.C3H8.2CH4O/c13-3-10(17)19-6-8-1-2-9(20-8)15-4-7(5-16)11(21)14-12(15)18;1-3-2;2*1-2/h4,8-9,16H,1-3,5-6,13H2,(H,14,18,21);3H2,1-2H3;2*2H,1H3. The average Bonchev–Trinajstić information content (AvgIpc) is 3.18. The minimum absolute atomic E-state index is 0.108. The maximum Gasteiger partial charge on any atom is 0.328 e. The maximum absolute atomic E-state index is 11.9. The summed E-state index contributed by atoms with van der Waals surface area (Å²) in [7, 11) is 2.00. The third-order valence-electron chi connectivity index (χ3n) is 3.20. The minimum atomic E-state index is -0.495. The summed E-state index contributed by atoms with van der Waals surface area (Å²) >= 11 is 4.94. The smallest absolute Gasteiger partial charge is 0.328 e. The Morgan fingerprint density at radius 3 is 2.43 bits per heavy atom. The molecule has 1 aromatic heterocycles. The number of nitrogens with two attached hydrogens (primary N) is 1. The van der Waals surface area contributed by atoms with Crippen LogP contribution in [0.25, 0.3) is 0 Å². The van der Waals surface area contributed by atoms with Gasteiger partial charge in [0.2, 0.25) is 0 Å². The molecule has 164 valence electrons. The zero-order valence-electron chi connectivity index (χ0n) is 16.9. The first kappa shape index (κ1) is 28.6. The van der Waals surface area contributed by atoms with E-state index in [4.69, 9.17) is 37.6 Å². The summed E-state index contributed by atoms with van der Waals surface area (Å²) in [5.41, 5.74) is 5.19. The van der Waals surface area contributed by atoms with E-state index in [1.54, 1.807) is 0 Å². The van der Waals surface area contributed by atoms with Crippen molar-refractivity contribution in [1.29, 1.82) is 0 Å². The Labute approximate surface area is 169 Å². The third-order valence-corrected chi connectivity index (χ3v) is 3.57. The number of rotatable bonds is 5. The van der Waals surface area contributed by atoms with E-state index in [1.165, 1.54) is 17.2 Å². The van der Waals surface area contributed by atoms with Crippen LogP contribution in [0.3, 0.4) is 0 Å². The first-order valence-electron chi connectivity index (χ1n) is 8.82. The molecular formula is C17H33N3O7S. The van der Waals surface area contributed by atoms with Crippen LogP contribution in [-0.4, -0.2) is 64.3 Å². The largest absolute Gasteiger partial charge is 0.462 e. The van der Waals surface area contributed by atoms with E-state index in [9.17, 15) is 14.7 Å². The number of carbonyl (C=O) groups excluding carboxylic acids is 1. The molecule has 11 heteroatoms. The topological polar surface area (TPSA) is 160 Å². The minimum Gasteiger partial charge on any atom is -0.462 e. The average molecular weight is 424 g/mol. The highest BCUT2D eigenvalue weighted by Gasteiger charge is 2.28. The first-order chi connectivity index (χ1) is 13.5. The fourth-order valence-corrected chi connectivity index (χ4v) is 2.32. The van der Waals surface area contributed by atoms with Gasteiger partial charge in [-0.15, -0.1) is 0 Å². The highest BCUT2D eigenvalue weighted by atomic mass is 32.1. The summed E-state index contributed by atoms with van der Waals surface area (Å²) in [5, 5.41) is 23.2. The number of aliphatic hydroxyl groups excluding tert-OH is 3. The molecule has 1 aromatic rings. The Morgan fingerprint density at radius 2 is 1.93 bits per heavy atom. The van der Waals surface area contributed by atoms with E-state index < -0.39 is 17.9 Å². The second kappa shape index (κ2) is 17.5. The zero-order valence-corrected chi connectivity index (χ0v) is 17.7. The van der Waals surface area contributed by atoms with Crippen LogP contribution >= 0.6 is 12.2 Å². The number of esters is 1. The van der Waals surface area contributed by atoms with E-state index in [0.29, 0.717) is 18.4 Å². The summed E-state index contributed by atoms with van der Waals surface area (Å²) in [6, 6.07) is 0. The van der Waals surface area contributed by atoms with Gasteiger partial charge in [0, 0.05) is 26.0 Å². The molecule has 1 fully saturated rings. The molecule has 0 radical (unpaired) electrons. The lowest BCUT2D eigenvalue weighted by Gasteiger charge is -2.16. The number of hydrogen-bond donors (Lipinski definition) is 5. The summed E-state index contributed by atoms with van der Waals surface area (Å²) in [6.45, 7) is 3.92. The molecule has 0 aromatic carbocycles. The Kier molecular flexibility index (Phi) is 17.8. The molecule has 2 unspecified atom stereocenters. The normalized spacial score (nSPS) is 17.1. The molecule has 1 aliphatic heterocycles. The van der Waals surface area contributed by atoms with Crippen LogP contribution in [0.2, 0.25) is 0 Å². The number of ether oxygens (including phenoxy) is 2. The summed E-state index contributed by atoms with van der Waals surface area (Å²) < 4.78 is 12.2.